The number of nitrogens with two attached hydrogens (primary N) is 1. The number of ketones is 1. The van der Waals surface area contributed by atoms with Gasteiger partial charge in [-0.2, -0.15) is 13.2 Å². The number of hydrogen-bond donors (Lipinski definition) is 1. The quantitative estimate of drug-likeness (QED) is 0.448. The Kier molecular flexibility index (Phi) is 6.10. The highest BCUT2D eigenvalue weighted by Crippen LogP contribution is 2.29. The van der Waals surface area contributed by atoms with E-state index in [9.17, 15) is 32.3 Å². The molecule has 0 bridgehead atoms. The Bertz CT molecular complexity index is 1110. The number of carbonyl (C=O) groups excluding carboxylic acids is 2. The molecule has 0 saturated heterocycles. The molecular weight excluding hydrogens is 395 g/mol. The number of alkyl halides is 3. The summed E-state index contributed by atoms with van der Waals surface area (Å²) in [6.07, 6.45) is -2.61. The lowest BCUT2D eigenvalue weighted by Gasteiger charge is -2.10. The van der Waals surface area contributed by atoms with Gasteiger partial charge in [-0.25, -0.2) is 9.59 Å². The van der Waals surface area contributed by atoms with Gasteiger partial charge in [0.15, 0.2) is 6.61 Å². The number of esters is 1. The predicted molar refractivity (Wildman–Crippen MR) is 97.1 cm³/mol. The first-order chi connectivity index (χ1) is 13.4. The van der Waals surface area contributed by atoms with Crippen molar-refractivity contribution in [2.24, 2.45) is 14.1 Å². The molecule has 0 radical (unpaired) electrons. The van der Waals surface area contributed by atoms with Gasteiger partial charge in [-0.3, -0.25) is 18.7 Å². The van der Waals surface area contributed by atoms with Crippen molar-refractivity contribution in [1.29, 1.82) is 0 Å². The fraction of sp³-hybridized carbons (Fsp3) is 0.222. The molecule has 0 aliphatic carbocycles. The molecule has 2 rings (SSSR count). The minimum Gasteiger partial charge on any atom is -0.454 e. The highest BCUT2D eigenvalue weighted by Gasteiger charge is 2.30. The molecule has 0 aliphatic rings. The number of aromatic nitrogens is 2. The molecule has 0 spiro atoms. The maximum atomic E-state index is 12.7. The van der Waals surface area contributed by atoms with Crippen molar-refractivity contribution in [3.8, 4) is 0 Å². The average Bonchev–Trinajstić information content (AvgIpc) is 2.67. The van der Waals surface area contributed by atoms with E-state index < -0.39 is 46.9 Å². The second-order valence-electron chi connectivity index (χ2n) is 5.95. The van der Waals surface area contributed by atoms with Gasteiger partial charge in [0, 0.05) is 20.2 Å². The minimum atomic E-state index is -4.53. The van der Waals surface area contributed by atoms with Crippen LogP contribution in [0.1, 0.15) is 21.5 Å². The van der Waals surface area contributed by atoms with Gasteiger partial charge in [0.1, 0.15) is 11.4 Å². The zero-order valence-electron chi connectivity index (χ0n) is 15.3. The lowest BCUT2D eigenvalue weighted by Crippen LogP contribution is -2.42. The molecule has 11 heteroatoms. The molecule has 154 valence electrons. The molecule has 2 aromatic rings. The summed E-state index contributed by atoms with van der Waals surface area (Å²) in [5.41, 5.74) is 2.66. The number of carbonyl (C=O) groups is 2. The third kappa shape index (κ3) is 4.81. The van der Waals surface area contributed by atoms with E-state index in [0.717, 1.165) is 35.9 Å². The molecule has 1 heterocycles. The van der Waals surface area contributed by atoms with Gasteiger partial charge in [-0.1, -0.05) is 12.1 Å². The van der Waals surface area contributed by atoms with Gasteiger partial charge in [0.2, 0.25) is 5.78 Å². The first-order valence-corrected chi connectivity index (χ1v) is 8.04. The average molecular weight is 411 g/mol. The summed E-state index contributed by atoms with van der Waals surface area (Å²) in [6.45, 7) is -0.844. The van der Waals surface area contributed by atoms with Gasteiger partial charge < -0.3 is 10.5 Å². The summed E-state index contributed by atoms with van der Waals surface area (Å²) in [7, 11) is 2.42. The van der Waals surface area contributed by atoms with E-state index in [1.165, 1.54) is 19.2 Å². The van der Waals surface area contributed by atoms with Gasteiger partial charge in [0.05, 0.1) is 5.56 Å². The fourth-order valence-electron chi connectivity index (χ4n) is 2.36. The minimum absolute atomic E-state index is 0.0966. The number of anilines is 1. The topological polar surface area (TPSA) is 113 Å². The molecule has 0 atom stereocenters. The Morgan fingerprint density at radius 1 is 1.17 bits per heavy atom. The Labute approximate surface area is 161 Å². The van der Waals surface area contributed by atoms with Gasteiger partial charge in [-0.05, 0) is 23.8 Å². The first-order valence-electron chi connectivity index (χ1n) is 8.04. The van der Waals surface area contributed by atoms with Crippen molar-refractivity contribution in [3.63, 3.8) is 0 Å². The standard InChI is InChI=1S/C18H16F3N3O5/c1-23-15(22)14(16(27)24(2)17(23)28)12(25)9-29-13(26)7-6-10-4-3-5-11(8-10)18(19,20)21/h3-8H,9,22H2,1-2H3. The Hall–Kier alpha value is -3.63. The normalized spacial score (nSPS) is 11.6. The summed E-state index contributed by atoms with van der Waals surface area (Å²) in [5, 5.41) is 0. The number of ether oxygens (including phenoxy) is 1. The van der Waals surface area contributed by atoms with E-state index in [1.54, 1.807) is 0 Å². The molecule has 0 fully saturated rings. The van der Waals surface area contributed by atoms with Crippen LogP contribution in [-0.4, -0.2) is 27.5 Å². The number of benzene rings is 1. The third-order valence-corrected chi connectivity index (χ3v) is 3.96. The number of hydrogen-bond acceptors (Lipinski definition) is 6. The number of nitrogen functional groups attached to an aromatic ring is 1. The van der Waals surface area contributed by atoms with E-state index in [4.69, 9.17) is 10.5 Å². The lowest BCUT2D eigenvalue weighted by atomic mass is 10.1. The van der Waals surface area contributed by atoms with E-state index in [-0.39, 0.29) is 11.4 Å². The summed E-state index contributed by atoms with van der Waals surface area (Å²) in [4.78, 5) is 47.7. The van der Waals surface area contributed by atoms with Crippen LogP contribution in [0.5, 0.6) is 0 Å². The summed E-state index contributed by atoms with van der Waals surface area (Å²) in [6, 6.07) is 4.24. The van der Waals surface area contributed by atoms with Gasteiger partial charge in [0.25, 0.3) is 5.56 Å². The Morgan fingerprint density at radius 3 is 2.45 bits per heavy atom. The number of nitrogens with zero attached hydrogens (tertiary/aromatic N) is 2. The zero-order chi connectivity index (χ0) is 21.9. The smallest absolute Gasteiger partial charge is 0.416 e. The molecule has 29 heavy (non-hydrogen) atoms. The highest BCUT2D eigenvalue weighted by atomic mass is 19.4. The van der Waals surface area contributed by atoms with E-state index in [1.807, 2.05) is 0 Å². The fourth-order valence-corrected chi connectivity index (χ4v) is 2.36. The largest absolute Gasteiger partial charge is 0.454 e. The zero-order valence-corrected chi connectivity index (χ0v) is 15.3. The highest BCUT2D eigenvalue weighted by molar-refractivity contribution is 6.01. The first kappa shape index (κ1) is 21.7. The van der Waals surface area contributed by atoms with Crippen LogP contribution in [0.15, 0.2) is 39.9 Å². The lowest BCUT2D eigenvalue weighted by molar-refractivity contribution is -0.138. The number of rotatable bonds is 5. The molecule has 1 aromatic carbocycles. The molecular formula is C18H16F3N3O5. The summed E-state index contributed by atoms with van der Waals surface area (Å²) < 4.78 is 44.3. The monoisotopic (exact) mass is 411 g/mol. The van der Waals surface area contributed by atoms with Gasteiger partial charge >= 0.3 is 17.8 Å². The van der Waals surface area contributed by atoms with Crippen molar-refractivity contribution < 1.29 is 27.5 Å². The molecule has 8 nitrogen and oxygen atoms in total. The second kappa shape index (κ2) is 8.17. The molecule has 0 unspecified atom stereocenters. The van der Waals surface area contributed by atoms with Crippen LogP contribution in [0, 0.1) is 0 Å². The van der Waals surface area contributed by atoms with E-state index in [0.29, 0.717) is 4.57 Å². The van der Waals surface area contributed by atoms with Crippen molar-refractivity contribution >= 4 is 23.6 Å². The van der Waals surface area contributed by atoms with Crippen molar-refractivity contribution in [3.05, 3.63) is 67.9 Å². The van der Waals surface area contributed by atoms with Crippen LogP contribution in [0.4, 0.5) is 19.0 Å². The SMILES string of the molecule is Cn1c(N)c(C(=O)COC(=O)C=Cc2cccc(C(F)(F)F)c2)c(=O)n(C)c1=O. The van der Waals surface area contributed by atoms with Crippen LogP contribution in [0.25, 0.3) is 6.08 Å². The van der Waals surface area contributed by atoms with Crippen LogP contribution < -0.4 is 17.0 Å². The van der Waals surface area contributed by atoms with E-state index in [2.05, 4.69) is 0 Å². The van der Waals surface area contributed by atoms with E-state index >= 15 is 0 Å². The summed E-state index contributed by atoms with van der Waals surface area (Å²) >= 11 is 0. The Morgan fingerprint density at radius 2 is 1.83 bits per heavy atom. The van der Waals surface area contributed by atoms with Crippen LogP contribution >= 0.6 is 0 Å². The molecule has 0 aliphatic heterocycles. The molecule has 0 saturated carbocycles. The molecule has 0 amide bonds. The predicted octanol–water partition coefficient (Wildman–Crippen LogP) is 1.12. The summed E-state index contributed by atoms with van der Waals surface area (Å²) in [5.74, 6) is -2.32. The molecule has 1 aromatic heterocycles. The van der Waals surface area contributed by atoms with Crippen LogP contribution in [0.3, 0.4) is 0 Å². The third-order valence-electron chi connectivity index (χ3n) is 3.96. The molecule has 2 N–H and O–H groups in total. The second-order valence-corrected chi connectivity index (χ2v) is 5.95. The van der Waals surface area contributed by atoms with Crippen LogP contribution in [-0.2, 0) is 29.8 Å². The van der Waals surface area contributed by atoms with Crippen molar-refractivity contribution in [1.82, 2.24) is 9.13 Å². The van der Waals surface area contributed by atoms with Crippen molar-refractivity contribution in [2.75, 3.05) is 12.3 Å². The van der Waals surface area contributed by atoms with Gasteiger partial charge in [-0.15, -0.1) is 0 Å². The Balaban J connectivity index is 2.11. The van der Waals surface area contributed by atoms with Crippen molar-refractivity contribution in [2.45, 2.75) is 6.18 Å². The maximum Gasteiger partial charge on any atom is 0.416 e. The number of halogens is 3. The number of Topliss-reactive ketones (excluding diaryl/α,β-unsaturated/α-hetero) is 1. The maximum absolute atomic E-state index is 12.7. The van der Waals surface area contributed by atoms with Crippen LogP contribution in [0.2, 0.25) is 0 Å².